The summed E-state index contributed by atoms with van der Waals surface area (Å²) in [7, 11) is 5.06. The van der Waals surface area contributed by atoms with Crippen LogP contribution in [0.1, 0.15) is 23.7 Å². The highest BCUT2D eigenvalue weighted by Gasteiger charge is 2.16. The number of rotatable bonds is 8. The van der Waals surface area contributed by atoms with Crippen LogP contribution in [0.25, 0.3) is 11.4 Å². The predicted molar refractivity (Wildman–Crippen MR) is 99.8 cm³/mol. The summed E-state index contributed by atoms with van der Waals surface area (Å²) in [5, 5.41) is 0. The van der Waals surface area contributed by atoms with Crippen LogP contribution in [0.2, 0.25) is 0 Å². The maximum Gasteiger partial charge on any atom is 0.253 e. The van der Waals surface area contributed by atoms with Crippen LogP contribution in [0.3, 0.4) is 0 Å². The van der Waals surface area contributed by atoms with Crippen molar-refractivity contribution in [3.8, 4) is 11.4 Å². The maximum absolute atomic E-state index is 13.7. The lowest BCUT2D eigenvalue weighted by Crippen LogP contribution is -2.34. The topological polar surface area (TPSA) is 58.6 Å². The fraction of sp³-hybridized carbons (Fsp3) is 0.421. The van der Waals surface area contributed by atoms with E-state index in [9.17, 15) is 9.18 Å². The minimum absolute atomic E-state index is 0.0375. The largest absolute Gasteiger partial charge is 0.383 e. The van der Waals surface area contributed by atoms with Crippen LogP contribution < -0.4 is 4.90 Å². The number of anilines is 1. The van der Waals surface area contributed by atoms with Gasteiger partial charge in [0.2, 0.25) is 0 Å². The van der Waals surface area contributed by atoms with Crippen LogP contribution in [0, 0.1) is 5.82 Å². The van der Waals surface area contributed by atoms with Gasteiger partial charge in [0.1, 0.15) is 0 Å². The molecule has 7 heteroatoms. The summed E-state index contributed by atoms with van der Waals surface area (Å²) in [6.07, 6.45) is 2.04. The summed E-state index contributed by atoms with van der Waals surface area (Å²) in [6, 6.07) is 7.05. The number of aromatic nitrogens is 2. The number of carbonyl (C=O) groups excluding carboxylic acids is 1. The number of carbonyl (C=O) groups is 1. The van der Waals surface area contributed by atoms with E-state index < -0.39 is 5.82 Å². The highest BCUT2D eigenvalue weighted by atomic mass is 19.1. The van der Waals surface area contributed by atoms with Gasteiger partial charge < -0.3 is 14.5 Å². The molecule has 0 atom stereocenters. The Balaban J connectivity index is 2.22. The minimum Gasteiger partial charge on any atom is -0.383 e. The number of amides is 1. The molecule has 0 aliphatic carbocycles. The lowest BCUT2D eigenvalue weighted by molar-refractivity contribution is 0.0695. The van der Waals surface area contributed by atoms with Crippen molar-refractivity contribution in [2.45, 2.75) is 13.3 Å². The summed E-state index contributed by atoms with van der Waals surface area (Å²) in [5.41, 5.74) is 1.32. The van der Waals surface area contributed by atoms with E-state index in [1.54, 1.807) is 55.3 Å². The molecule has 26 heavy (non-hydrogen) atoms. The third-order valence-electron chi connectivity index (χ3n) is 3.89. The van der Waals surface area contributed by atoms with Crippen molar-refractivity contribution >= 4 is 11.7 Å². The molecule has 0 spiro atoms. The first-order chi connectivity index (χ1) is 12.5. The predicted octanol–water partition coefficient (Wildman–Crippen LogP) is 2.85. The third-order valence-corrected chi connectivity index (χ3v) is 3.89. The fourth-order valence-corrected chi connectivity index (χ4v) is 2.54. The quantitative estimate of drug-likeness (QED) is 0.724. The van der Waals surface area contributed by atoms with Crippen molar-refractivity contribution in [2.24, 2.45) is 0 Å². The molecule has 0 unspecified atom stereocenters. The van der Waals surface area contributed by atoms with E-state index >= 15 is 0 Å². The number of nitrogens with zero attached hydrogens (tertiary/aromatic N) is 4. The van der Waals surface area contributed by atoms with Crippen molar-refractivity contribution in [1.29, 1.82) is 0 Å². The zero-order valence-electron chi connectivity index (χ0n) is 15.7. The smallest absolute Gasteiger partial charge is 0.253 e. The molecule has 6 nitrogen and oxygen atoms in total. The molecule has 2 rings (SSSR count). The van der Waals surface area contributed by atoms with Crippen LogP contribution >= 0.6 is 0 Å². The van der Waals surface area contributed by atoms with Crippen LogP contribution in [0.5, 0.6) is 0 Å². The summed E-state index contributed by atoms with van der Waals surface area (Å²) in [4.78, 5) is 24.3. The summed E-state index contributed by atoms with van der Waals surface area (Å²) >= 11 is 0. The second kappa shape index (κ2) is 9.24. The Hall–Kier alpha value is -2.54. The zero-order chi connectivity index (χ0) is 19.1. The van der Waals surface area contributed by atoms with Crippen LogP contribution in [-0.4, -0.2) is 61.7 Å². The molecule has 1 aromatic heterocycles. The number of hydrogen-bond donors (Lipinski definition) is 0. The molecule has 0 aliphatic rings. The average molecular weight is 360 g/mol. The molecule has 1 amide bonds. The van der Waals surface area contributed by atoms with E-state index in [2.05, 4.69) is 9.97 Å². The molecular formula is C19H25FN4O2. The van der Waals surface area contributed by atoms with E-state index in [0.717, 1.165) is 18.2 Å². The van der Waals surface area contributed by atoms with E-state index in [1.165, 1.54) is 0 Å². The maximum atomic E-state index is 13.7. The lowest BCUT2D eigenvalue weighted by Gasteiger charge is -2.22. The summed E-state index contributed by atoms with van der Waals surface area (Å²) < 4.78 is 18.8. The molecule has 0 radical (unpaired) electrons. The highest BCUT2D eigenvalue weighted by molar-refractivity contribution is 5.94. The van der Waals surface area contributed by atoms with Gasteiger partial charge in [0.05, 0.1) is 12.8 Å². The molecular weight excluding hydrogens is 335 g/mol. The van der Waals surface area contributed by atoms with E-state index in [0.29, 0.717) is 31.1 Å². The van der Waals surface area contributed by atoms with Gasteiger partial charge in [0.15, 0.2) is 17.5 Å². The van der Waals surface area contributed by atoms with Gasteiger partial charge in [0.25, 0.3) is 5.91 Å². The van der Waals surface area contributed by atoms with Crippen LogP contribution in [0.15, 0.2) is 30.5 Å². The van der Waals surface area contributed by atoms with Crippen molar-refractivity contribution in [3.63, 3.8) is 0 Å². The van der Waals surface area contributed by atoms with Gasteiger partial charge in [-0.3, -0.25) is 4.79 Å². The summed E-state index contributed by atoms with van der Waals surface area (Å²) in [5.74, 6) is 0.131. The Morgan fingerprint density at radius 3 is 2.46 bits per heavy atom. The lowest BCUT2D eigenvalue weighted by atomic mass is 10.1. The second-order valence-corrected chi connectivity index (χ2v) is 6.12. The molecule has 0 saturated carbocycles. The van der Waals surface area contributed by atoms with Gasteiger partial charge in [-0.25, -0.2) is 14.4 Å². The second-order valence-electron chi connectivity index (χ2n) is 6.12. The molecule has 1 heterocycles. The number of halogens is 1. The van der Waals surface area contributed by atoms with E-state index in [1.807, 2.05) is 6.92 Å². The van der Waals surface area contributed by atoms with E-state index in [-0.39, 0.29) is 11.7 Å². The molecule has 0 bridgehead atoms. The SMILES string of the molecule is CCCN(CCOC)C(=O)c1ccc(-c2ncc(F)c(N(C)C)n2)cc1. The molecule has 0 saturated heterocycles. The van der Waals surface area contributed by atoms with E-state index in [4.69, 9.17) is 4.74 Å². The van der Waals surface area contributed by atoms with Gasteiger partial charge in [-0.1, -0.05) is 19.1 Å². The molecule has 0 fully saturated rings. The third kappa shape index (κ3) is 4.76. The van der Waals surface area contributed by atoms with Gasteiger partial charge in [-0.05, 0) is 18.6 Å². The molecule has 2 aromatic rings. The fourth-order valence-electron chi connectivity index (χ4n) is 2.54. The van der Waals surface area contributed by atoms with Crippen molar-refractivity contribution in [1.82, 2.24) is 14.9 Å². The number of ether oxygens (including phenoxy) is 1. The number of hydrogen-bond acceptors (Lipinski definition) is 5. The number of methoxy groups -OCH3 is 1. The first-order valence-electron chi connectivity index (χ1n) is 8.56. The Morgan fingerprint density at radius 1 is 1.19 bits per heavy atom. The molecule has 0 aliphatic heterocycles. The normalized spacial score (nSPS) is 10.7. The summed E-state index contributed by atoms with van der Waals surface area (Å²) in [6.45, 7) is 3.76. The first-order valence-corrected chi connectivity index (χ1v) is 8.56. The molecule has 0 N–H and O–H groups in total. The van der Waals surface area contributed by atoms with Crippen LogP contribution in [-0.2, 0) is 4.74 Å². The minimum atomic E-state index is -0.473. The van der Waals surface area contributed by atoms with Gasteiger partial charge in [-0.2, -0.15) is 0 Å². The monoisotopic (exact) mass is 360 g/mol. The van der Waals surface area contributed by atoms with Gasteiger partial charge >= 0.3 is 0 Å². The molecule has 140 valence electrons. The standard InChI is InChI=1S/C19H25FN4O2/c1-5-10-24(11-12-26-4)19(25)15-8-6-14(7-9-15)17-21-13-16(20)18(22-17)23(2)3/h6-9,13H,5,10-12H2,1-4H3. The molecule has 1 aromatic carbocycles. The first kappa shape index (κ1) is 19.8. The number of benzene rings is 1. The Morgan fingerprint density at radius 2 is 1.88 bits per heavy atom. The van der Waals surface area contributed by atoms with Crippen LogP contribution in [0.4, 0.5) is 10.2 Å². The Bertz CT molecular complexity index is 735. The Kier molecular flexibility index (Phi) is 7.03. The van der Waals surface area contributed by atoms with Crippen molar-refractivity contribution in [2.75, 3.05) is 45.8 Å². The highest BCUT2D eigenvalue weighted by Crippen LogP contribution is 2.21. The van der Waals surface area contributed by atoms with Crippen molar-refractivity contribution in [3.05, 3.63) is 41.8 Å². The van der Waals surface area contributed by atoms with Crippen molar-refractivity contribution < 1.29 is 13.9 Å². The zero-order valence-corrected chi connectivity index (χ0v) is 15.7. The van der Waals surface area contributed by atoms with Gasteiger partial charge in [0, 0.05) is 45.4 Å². The average Bonchev–Trinajstić information content (AvgIpc) is 2.65. The Labute approximate surface area is 153 Å². The van der Waals surface area contributed by atoms with Gasteiger partial charge in [-0.15, -0.1) is 0 Å².